The maximum Gasteiger partial charge on any atom is 0.280 e. The Morgan fingerprint density at radius 3 is 2.31 bits per heavy atom. The number of fused-ring (bicyclic) bond motifs is 1. The van der Waals surface area contributed by atoms with Gasteiger partial charge in [0, 0.05) is 40.3 Å². The molecule has 4 rings (SSSR count). The highest BCUT2D eigenvalue weighted by Gasteiger charge is 2.40. The van der Waals surface area contributed by atoms with E-state index in [4.69, 9.17) is 0 Å². The molecule has 1 saturated carbocycles. The fourth-order valence-electron chi connectivity index (χ4n) is 4.18. The van der Waals surface area contributed by atoms with Gasteiger partial charge in [-0.25, -0.2) is 39.5 Å². The zero-order valence-corrected chi connectivity index (χ0v) is 20.5. The number of halogens is 6. The maximum atomic E-state index is 15.3. The van der Waals surface area contributed by atoms with Crippen molar-refractivity contribution < 1.29 is 34.8 Å². The van der Waals surface area contributed by atoms with Crippen LogP contribution in [0.1, 0.15) is 57.3 Å². The molecule has 2 aromatic heterocycles. The van der Waals surface area contributed by atoms with Gasteiger partial charge >= 0.3 is 0 Å². The van der Waals surface area contributed by atoms with Crippen LogP contribution in [0, 0.1) is 17.0 Å². The molecule has 12 heteroatoms. The molecule has 1 aliphatic carbocycles. The van der Waals surface area contributed by atoms with Crippen molar-refractivity contribution in [2.45, 2.75) is 64.3 Å². The van der Waals surface area contributed by atoms with Gasteiger partial charge in [0.05, 0.1) is 11.4 Å². The van der Waals surface area contributed by atoms with Crippen molar-refractivity contribution in [2.24, 2.45) is 5.41 Å². The number of hydrogen-bond donors (Lipinski definition) is 1. The van der Waals surface area contributed by atoms with Crippen molar-refractivity contribution in [3.05, 3.63) is 53.5 Å². The monoisotopic (exact) mass is 533 g/mol. The SMILES string of the molecule is CC(C)(C)Cn1cc(C(NS(=O)(=O)C2CC2)C(F)F)c2cc(F)c(-c3cc(F)cnc3C(F)F)cc21. The maximum absolute atomic E-state index is 15.3. The molecule has 1 aromatic carbocycles. The number of sulfonamides is 1. The highest BCUT2D eigenvalue weighted by molar-refractivity contribution is 7.90. The first-order chi connectivity index (χ1) is 16.7. The molecule has 2 heterocycles. The molecule has 0 bridgehead atoms. The molecule has 1 N–H and O–H groups in total. The summed E-state index contributed by atoms with van der Waals surface area (Å²) in [6.07, 6.45) is -3.61. The van der Waals surface area contributed by atoms with E-state index in [1.807, 2.05) is 20.8 Å². The Morgan fingerprint density at radius 1 is 1.08 bits per heavy atom. The molecule has 1 atom stereocenters. The van der Waals surface area contributed by atoms with Crippen LogP contribution in [0.15, 0.2) is 30.6 Å². The lowest BCUT2D eigenvalue weighted by molar-refractivity contribution is 0.109. The molecule has 0 aliphatic heterocycles. The number of aromatic nitrogens is 2. The molecule has 0 radical (unpaired) electrons. The lowest BCUT2D eigenvalue weighted by Crippen LogP contribution is -2.35. The number of benzene rings is 1. The first-order valence-corrected chi connectivity index (χ1v) is 12.8. The molecule has 1 aliphatic rings. The predicted octanol–water partition coefficient (Wildman–Crippen LogP) is 6.35. The highest BCUT2D eigenvalue weighted by atomic mass is 32.2. The summed E-state index contributed by atoms with van der Waals surface area (Å²) in [5.41, 5.74) is -2.00. The van der Waals surface area contributed by atoms with Crippen LogP contribution in [0.4, 0.5) is 26.3 Å². The Labute approximate surface area is 204 Å². The molecule has 1 unspecified atom stereocenters. The highest BCUT2D eigenvalue weighted by Crippen LogP contribution is 2.39. The predicted molar refractivity (Wildman–Crippen MR) is 123 cm³/mol. The minimum absolute atomic E-state index is 0.00717. The Kier molecular flexibility index (Phi) is 6.89. The Bertz CT molecular complexity index is 1400. The third-order valence-electron chi connectivity index (χ3n) is 5.87. The fraction of sp³-hybridized carbons (Fsp3) is 0.458. The van der Waals surface area contributed by atoms with E-state index in [9.17, 15) is 30.4 Å². The number of pyridine rings is 1. The van der Waals surface area contributed by atoms with Gasteiger partial charge in [-0.05, 0) is 36.5 Å². The Morgan fingerprint density at radius 2 is 1.75 bits per heavy atom. The van der Waals surface area contributed by atoms with E-state index in [1.165, 1.54) is 12.3 Å². The number of hydrogen-bond acceptors (Lipinski definition) is 3. The summed E-state index contributed by atoms with van der Waals surface area (Å²) in [6.45, 7) is 5.86. The summed E-state index contributed by atoms with van der Waals surface area (Å²) >= 11 is 0. The Balaban J connectivity index is 1.94. The first-order valence-electron chi connectivity index (χ1n) is 11.2. The second kappa shape index (κ2) is 9.37. The molecule has 196 valence electrons. The standard InChI is InChI=1S/C24H25F6N3O2S/c1-24(2,3)11-33-10-17(21(23(29)30)32-36(34,35)13-4-5-13)15-7-18(26)14(8-19(15)33)16-6-12(25)9-31-20(16)22(27)28/h6-10,13,21-23,32H,4-5,11H2,1-3H3. The normalized spacial score (nSPS) is 15.9. The van der Waals surface area contributed by atoms with Gasteiger partial charge in [-0.2, -0.15) is 0 Å². The molecule has 36 heavy (non-hydrogen) atoms. The Hall–Kier alpha value is -2.60. The summed E-state index contributed by atoms with van der Waals surface area (Å²) < 4.78 is 113. The molecule has 0 spiro atoms. The summed E-state index contributed by atoms with van der Waals surface area (Å²) in [4.78, 5) is 3.40. The first kappa shape index (κ1) is 26.5. The van der Waals surface area contributed by atoms with E-state index in [0.717, 1.165) is 12.1 Å². The number of alkyl halides is 4. The molecular formula is C24H25F6N3O2S. The van der Waals surface area contributed by atoms with Gasteiger partial charge in [0.1, 0.15) is 23.4 Å². The van der Waals surface area contributed by atoms with Crippen LogP contribution in [0.25, 0.3) is 22.0 Å². The smallest absolute Gasteiger partial charge is 0.280 e. The van der Waals surface area contributed by atoms with Gasteiger partial charge in [-0.1, -0.05) is 20.8 Å². The molecular weight excluding hydrogens is 508 g/mol. The van der Waals surface area contributed by atoms with E-state index >= 15 is 4.39 Å². The minimum atomic E-state index is -4.02. The third-order valence-corrected chi connectivity index (χ3v) is 7.80. The summed E-state index contributed by atoms with van der Waals surface area (Å²) in [5.74, 6) is -2.02. The van der Waals surface area contributed by atoms with E-state index < -0.39 is 57.1 Å². The van der Waals surface area contributed by atoms with Crippen molar-refractivity contribution in [1.29, 1.82) is 0 Å². The molecule has 5 nitrogen and oxygen atoms in total. The lowest BCUT2D eigenvalue weighted by Gasteiger charge is -2.20. The van der Waals surface area contributed by atoms with Crippen LogP contribution in [0.3, 0.4) is 0 Å². The van der Waals surface area contributed by atoms with E-state index in [-0.39, 0.29) is 34.0 Å². The van der Waals surface area contributed by atoms with Gasteiger partial charge in [-0.15, -0.1) is 0 Å². The fourth-order valence-corrected chi connectivity index (χ4v) is 5.71. The van der Waals surface area contributed by atoms with Crippen molar-refractivity contribution in [2.75, 3.05) is 0 Å². The van der Waals surface area contributed by atoms with Crippen molar-refractivity contribution >= 4 is 20.9 Å². The van der Waals surface area contributed by atoms with Gasteiger partial charge in [0.25, 0.3) is 12.9 Å². The van der Waals surface area contributed by atoms with Crippen LogP contribution in [0.5, 0.6) is 0 Å². The molecule has 0 saturated heterocycles. The number of nitrogens with one attached hydrogen (secondary N) is 1. The summed E-state index contributed by atoms with van der Waals surface area (Å²) in [5, 5.41) is -0.759. The van der Waals surface area contributed by atoms with Crippen LogP contribution in [-0.4, -0.2) is 29.6 Å². The van der Waals surface area contributed by atoms with Crippen LogP contribution in [0.2, 0.25) is 0 Å². The number of rotatable bonds is 8. The topological polar surface area (TPSA) is 64.0 Å². The number of nitrogens with zero attached hydrogens (tertiary/aromatic N) is 2. The second-order valence-electron chi connectivity index (χ2n) is 10.2. The van der Waals surface area contributed by atoms with Crippen LogP contribution < -0.4 is 4.72 Å². The molecule has 3 aromatic rings. The molecule has 0 amide bonds. The van der Waals surface area contributed by atoms with E-state index in [1.54, 1.807) is 4.57 Å². The van der Waals surface area contributed by atoms with Gasteiger partial charge < -0.3 is 4.57 Å². The second-order valence-corrected chi connectivity index (χ2v) is 12.2. The lowest BCUT2D eigenvalue weighted by atomic mass is 9.96. The van der Waals surface area contributed by atoms with Gasteiger partial charge in [0.15, 0.2) is 0 Å². The quantitative estimate of drug-likeness (QED) is 0.343. The van der Waals surface area contributed by atoms with Gasteiger partial charge in [0.2, 0.25) is 10.0 Å². The summed E-state index contributed by atoms with van der Waals surface area (Å²) in [6, 6.07) is 0.861. The van der Waals surface area contributed by atoms with Crippen molar-refractivity contribution in [1.82, 2.24) is 14.3 Å². The van der Waals surface area contributed by atoms with Gasteiger partial charge in [-0.3, -0.25) is 4.98 Å². The molecule has 1 fully saturated rings. The van der Waals surface area contributed by atoms with Crippen LogP contribution in [-0.2, 0) is 16.6 Å². The minimum Gasteiger partial charge on any atom is -0.347 e. The summed E-state index contributed by atoms with van der Waals surface area (Å²) in [7, 11) is -4.02. The largest absolute Gasteiger partial charge is 0.347 e. The van der Waals surface area contributed by atoms with Crippen molar-refractivity contribution in [3.8, 4) is 11.1 Å². The van der Waals surface area contributed by atoms with Crippen LogP contribution >= 0.6 is 0 Å². The average Bonchev–Trinajstić information content (AvgIpc) is 3.56. The average molecular weight is 534 g/mol. The van der Waals surface area contributed by atoms with E-state index in [0.29, 0.717) is 19.0 Å². The third kappa shape index (κ3) is 5.39. The zero-order valence-electron chi connectivity index (χ0n) is 19.7. The van der Waals surface area contributed by atoms with Crippen molar-refractivity contribution in [3.63, 3.8) is 0 Å². The van der Waals surface area contributed by atoms with E-state index in [2.05, 4.69) is 9.71 Å². The zero-order chi connectivity index (χ0) is 26.6.